The fourth-order valence-electron chi connectivity index (χ4n) is 6.10. The van der Waals surface area contributed by atoms with Crippen molar-refractivity contribution in [2.75, 3.05) is 0 Å². The van der Waals surface area contributed by atoms with Crippen molar-refractivity contribution >= 4 is 0 Å². The van der Waals surface area contributed by atoms with E-state index in [9.17, 15) is 10.2 Å². The maximum absolute atomic E-state index is 10.8. The quantitative estimate of drug-likeness (QED) is 0.695. The third-order valence-electron chi connectivity index (χ3n) is 7.41. The Morgan fingerprint density at radius 3 is 2.33 bits per heavy atom. The van der Waals surface area contributed by atoms with Crippen molar-refractivity contribution in [2.45, 2.75) is 77.9 Å². The maximum atomic E-state index is 10.8. The molecule has 1 spiro atoms. The summed E-state index contributed by atoms with van der Waals surface area (Å²) in [6.07, 6.45) is 6.32. The summed E-state index contributed by atoms with van der Waals surface area (Å²) in [4.78, 5) is 0. The highest BCUT2D eigenvalue weighted by atomic mass is 16.3. The Morgan fingerprint density at radius 1 is 1.00 bits per heavy atom. The molecule has 3 aliphatic carbocycles. The molecule has 0 aromatic heterocycles. The fourth-order valence-corrected chi connectivity index (χ4v) is 6.10. The summed E-state index contributed by atoms with van der Waals surface area (Å²) in [5.74, 6) is 0.673. The van der Waals surface area contributed by atoms with Gasteiger partial charge in [0, 0.05) is 5.41 Å². The van der Waals surface area contributed by atoms with Gasteiger partial charge in [-0.15, -0.1) is 0 Å². The molecule has 2 N–H and O–H groups in total. The van der Waals surface area contributed by atoms with Crippen molar-refractivity contribution in [2.24, 2.45) is 22.2 Å². The summed E-state index contributed by atoms with van der Waals surface area (Å²) in [6.45, 7) is 8.90. The first-order chi connectivity index (χ1) is 8.17. The van der Waals surface area contributed by atoms with Crippen molar-refractivity contribution in [3.8, 4) is 0 Å². The van der Waals surface area contributed by atoms with Crippen molar-refractivity contribution < 1.29 is 10.2 Å². The van der Waals surface area contributed by atoms with Gasteiger partial charge in [0.15, 0.2) is 0 Å². The zero-order chi connectivity index (χ0) is 13.4. The zero-order valence-electron chi connectivity index (χ0n) is 12.3. The fraction of sp³-hybridized carbons (Fsp3) is 1.00. The molecule has 0 radical (unpaired) electrons. The van der Waals surface area contributed by atoms with Gasteiger partial charge < -0.3 is 10.2 Å². The molecule has 104 valence electrons. The minimum Gasteiger partial charge on any atom is -0.390 e. The van der Waals surface area contributed by atoms with E-state index in [0.717, 1.165) is 12.8 Å². The van der Waals surface area contributed by atoms with E-state index in [1.54, 1.807) is 0 Å². The van der Waals surface area contributed by atoms with E-state index in [4.69, 9.17) is 0 Å². The molecule has 0 heterocycles. The number of hydrogen-bond acceptors (Lipinski definition) is 2. The van der Waals surface area contributed by atoms with Gasteiger partial charge in [-0.3, -0.25) is 0 Å². The molecule has 0 bridgehead atoms. The van der Waals surface area contributed by atoms with Gasteiger partial charge in [0.05, 0.1) is 11.7 Å². The first kappa shape index (κ1) is 12.9. The molecule has 3 fully saturated rings. The highest BCUT2D eigenvalue weighted by Gasteiger charge is 2.73. The molecule has 3 saturated carbocycles. The second-order valence-corrected chi connectivity index (χ2v) is 8.29. The minimum absolute atomic E-state index is 0.0955. The van der Waals surface area contributed by atoms with Crippen LogP contribution in [0.1, 0.15) is 66.2 Å². The van der Waals surface area contributed by atoms with E-state index >= 15 is 0 Å². The van der Waals surface area contributed by atoms with Crippen LogP contribution in [0.4, 0.5) is 0 Å². The van der Waals surface area contributed by atoms with Gasteiger partial charge in [-0.1, -0.05) is 27.2 Å². The SMILES string of the molecule is CC1(C)CCCC23CC(O)C(C)(O)C2(C)CCC13. The van der Waals surface area contributed by atoms with Gasteiger partial charge in [-0.25, -0.2) is 0 Å². The average Bonchev–Trinajstić information content (AvgIpc) is 2.60. The van der Waals surface area contributed by atoms with Crippen LogP contribution >= 0.6 is 0 Å². The highest BCUT2D eigenvalue weighted by Crippen LogP contribution is 2.75. The van der Waals surface area contributed by atoms with Gasteiger partial charge in [0.1, 0.15) is 0 Å². The predicted octanol–water partition coefficient (Wildman–Crippen LogP) is 3.11. The van der Waals surface area contributed by atoms with Crippen molar-refractivity contribution in [1.82, 2.24) is 0 Å². The Hall–Kier alpha value is -0.0800. The van der Waals surface area contributed by atoms with Crippen molar-refractivity contribution in [3.63, 3.8) is 0 Å². The average molecular weight is 252 g/mol. The second kappa shape index (κ2) is 3.32. The molecular formula is C16H28O2. The lowest BCUT2D eigenvalue weighted by Gasteiger charge is -2.54. The molecule has 5 atom stereocenters. The van der Waals surface area contributed by atoms with Gasteiger partial charge in [-0.05, 0) is 55.8 Å². The second-order valence-electron chi connectivity index (χ2n) is 8.29. The molecule has 0 aromatic rings. The van der Waals surface area contributed by atoms with Crippen LogP contribution < -0.4 is 0 Å². The highest BCUT2D eigenvalue weighted by molar-refractivity contribution is 5.22. The Balaban J connectivity index is 2.11. The molecule has 3 rings (SSSR count). The molecule has 0 aromatic carbocycles. The third-order valence-corrected chi connectivity index (χ3v) is 7.41. The van der Waals surface area contributed by atoms with E-state index in [-0.39, 0.29) is 10.8 Å². The lowest BCUT2D eigenvalue weighted by molar-refractivity contribution is -0.130. The van der Waals surface area contributed by atoms with Crippen LogP contribution in [0.25, 0.3) is 0 Å². The summed E-state index contributed by atoms with van der Waals surface area (Å²) in [6, 6.07) is 0. The molecule has 18 heavy (non-hydrogen) atoms. The van der Waals surface area contributed by atoms with Crippen LogP contribution in [0, 0.1) is 22.2 Å². The smallest absolute Gasteiger partial charge is 0.0936 e. The van der Waals surface area contributed by atoms with Crippen LogP contribution in [-0.2, 0) is 0 Å². The molecule has 2 heteroatoms. The Bertz CT molecular complexity index is 373. The van der Waals surface area contributed by atoms with Crippen LogP contribution in [-0.4, -0.2) is 21.9 Å². The zero-order valence-corrected chi connectivity index (χ0v) is 12.3. The Labute approximate surface area is 111 Å². The molecular weight excluding hydrogens is 224 g/mol. The summed E-state index contributed by atoms with van der Waals surface area (Å²) in [7, 11) is 0. The van der Waals surface area contributed by atoms with E-state index < -0.39 is 11.7 Å². The van der Waals surface area contributed by atoms with Crippen molar-refractivity contribution in [1.29, 1.82) is 0 Å². The van der Waals surface area contributed by atoms with Crippen LogP contribution in [0.15, 0.2) is 0 Å². The first-order valence-electron chi connectivity index (χ1n) is 7.58. The topological polar surface area (TPSA) is 40.5 Å². The molecule has 5 unspecified atom stereocenters. The van der Waals surface area contributed by atoms with Crippen LogP contribution in [0.3, 0.4) is 0 Å². The standard InChI is InChI=1S/C16H28O2/c1-13(2)7-5-8-16-10-12(17)15(4,18)14(16,3)9-6-11(13)16/h11-12,17-18H,5-10H2,1-4H3. The van der Waals surface area contributed by atoms with Gasteiger partial charge in [-0.2, -0.15) is 0 Å². The summed E-state index contributed by atoms with van der Waals surface area (Å²) >= 11 is 0. The normalized spacial score (nSPS) is 58.3. The Kier molecular flexibility index (Phi) is 2.39. The summed E-state index contributed by atoms with van der Waals surface area (Å²) in [5.41, 5.74) is -0.454. The largest absolute Gasteiger partial charge is 0.390 e. The number of aliphatic hydroxyl groups excluding tert-OH is 1. The van der Waals surface area contributed by atoms with E-state index in [1.807, 2.05) is 6.92 Å². The number of hydrogen-bond donors (Lipinski definition) is 2. The van der Waals surface area contributed by atoms with Gasteiger partial charge in [0.25, 0.3) is 0 Å². The lowest BCUT2D eigenvalue weighted by Crippen LogP contribution is -2.52. The molecule has 0 saturated heterocycles. The predicted molar refractivity (Wildman–Crippen MR) is 72.1 cm³/mol. The molecule has 0 amide bonds. The monoisotopic (exact) mass is 252 g/mol. The third kappa shape index (κ3) is 1.17. The number of aliphatic hydroxyl groups is 2. The van der Waals surface area contributed by atoms with E-state index in [0.29, 0.717) is 11.3 Å². The summed E-state index contributed by atoms with van der Waals surface area (Å²) in [5, 5.41) is 21.2. The molecule has 0 aliphatic heterocycles. The van der Waals surface area contributed by atoms with E-state index in [1.165, 1.54) is 25.7 Å². The molecule has 3 aliphatic rings. The lowest BCUT2D eigenvalue weighted by atomic mass is 9.51. The van der Waals surface area contributed by atoms with E-state index in [2.05, 4.69) is 20.8 Å². The van der Waals surface area contributed by atoms with Gasteiger partial charge >= 0.3 is 0 Å². The van der Waals surface area contributed by atoms with Crippen LogP contribution in [0.5, 0.6) is 0 Å². The van der Waals surface area contributed by atoms with Gasteiger partial charge in [0.2, 0.25) is 0 Å². The maximum Gasteiger partial charge on any atom is 0.0936 e. The summed E-state index contributed by atoms with van der Waals surface area (Å²) < 4.78 is 0. The van der Waals surface area contributed by atoms with Crippen LogP contribution in [0.2, 0.25) is 0 Å². The minimum atomic E-state index is -0.908. The first-order valence-corrected chi connectivity index (χ1v) is 7.58. The van der Waals surface area contributed by atoms with Crippen molar-refractivity contribution in [3.05, 3.63) is 0 Å². The molecule has 2 nitrogen and oxygen atoms in total. The Morgan fingerprint density at radius 2 is 1.67 bits per heavy atom. The number of rotatable bonds is 0.